The Morgan fingerprint density at radius 1 is 1.20 bits per heavy atom. The number of hydrogen-bond acceptors (Lipinski definition) is 2. The summed E-state index contributed by atoms with van der Waals surface area (Å²) < 4.78 is 5.46. The lowest BCUT2D eigenvalue weighted by atomic mass is 10.2. The Hall–Kier alpha value is -2.26. The molecule has 20 heavy (non-hydrogen) atoms. The fraction of sp³-hybridized carbons (Fsp3) is 0.0625. The van der Waals surface area contributed by atoms with Crippen molar-refractivity contribution in [3.8, 4) is 5.75 Å². The molecule has 0 heterocycles. The second kappa shape index (κ2) is 6.78. The monoisotopic (exact) mass is 288 g/mol. The van der Waals surface area contributed by atoms with Crippen LogP contribution in [-0.2, 0) is 0 Å². The third-order valence-corrected chi connectivity index (χ3v) is 2.95. The summed E-state index contributed by atoms with van der Waals surface area (Å²) in [6.45, 7) is 0.357. The molecule has 102 valence electrons. The lowest BCUT2D eigenvalue weighted by Crippen LogP contribution is -1.99. The van der Waals surface area contributed by atoms with Crippen molar-refractivity contribution in [3.63, 3.8) is 0 Å². The highest BCUT2D eigenvalue weighted by atomic mass is 35.5. The average Bonchev–Trinajstić information content (AvgIpc) is 2.46. The van der Waals surface area contributed by atoms with Gasteiger partial charge in [-0.05, 0) is 29.8 Å². The zero-order chi connectivity index (χ0) is 14.4. The highest BCUT2D eigenvalue weighted by Gasteiger charge is 2.09. The number of hydrogen-bond donors (Lipinski definition) is 1. The van der Waals surface area contributed by atoms with Crippen LogP contribution in [0, 0.1) is 0 Å². The molecular weight excluding hydrogens is 276 g/mol. The Labute approximate surface area is 122 Å². The van der Waals surface area contributed by atoms with Crippen molar-refractivity contribution in [1.29, 1.82) is 0 Å². The van der Waals surface area contributed by atoms with Crippen LogP contribution in [0.3, 0.4) is 0 Å². The van der Waals surface area contributed by atoms with Crippen LogP contribution in [0.5, 0.6) is 5.75 Å². The molecule has 2 rings (SSSR count). The Morgan fingerprint density at radius 3 is 2.65 bits per heavy atom. The number of carbonyl (C=O) groups is 1. The predicted molar refractivity (Wildman–Crippen MR) is 79.4 cm³/mol. The first-order valence-corrected chi connectivity index (χ1v) is 6.42. The van der Waals surface area contributed by atoms with Gasteiger partial charge >= 0.3 is 5.97 Å². The van der Waals surface area contributed by atoms with Crippen molar-refractivity contribution < 1.29 is 14.6 Å². The maximum atomic E-state index is 10.9. The molecular formula is C16H13ClO3. The van der Waals surface area contributed by atoms with Crippen molar-refractivity contribution in [2.75, 3.05) is 6.61 Å². The maximum absolute atomic E-state index is 10.9. The van der Waals surface area contributed by atoms with Crippen molar-refractivity contribution in [2.24, 2.45) is 0 Å². The largest absolute Gasteiger partial charge is 0.490 e. The standard InChI is InChI=1S/C16H13ClO3/c17-15-9-8-13(11-14(15)16(18)19)20-10-4-7-12-5-2-1-3-6-12/h1-9,11H,10H2,(H,18,19)/b7-4+. The molecule has 0 bridgehead atoms. The van der Waals surface area contributed by atoms with Gasteiger partial charge in [-0.3, -0.25) is 0 Å². The molecule has 0 amide bonds. The van der Waals surface area contributed by atoms with Gasteiger partial charge in [0, 0.05) is 0 Å². The Bertz CT molecular complexity index is 621. The quantitative estimate of drug-likeness (QED) is 0.900. The molecule has 2 aromatic rings. The number of carboxylic acid groups (broad SMARTS) is 1. The predicted octanol–water partition coefficient (Wildman–Crippen LogP) is 4.13. The SMILES string of the molecule is O=C(O)c1cc(OC/C=C/c2ccccc2)ccc1Cl. The Balaban J connectivity index is 1.96. The lowest BCUT2D eigenvalue weighted by molar-refractivity contribution is 0.0696. The molecule has 0 fully saturated rings. The number of carboxylic acids is 1. The molecule has 0 aliphatic heterocycles. The topological polar surface area (TPSA) is 46.5 Å². The van der Waals surface area contributed by atoms with Crippen LogP contribution in [0.15, 0.2) is 54.6 Å². The average molecular weight is 289 g/mol. The molecule has 2 aromatic carbocycles. The third kappa shape index (κ3) is 3.87. The minimum Gasteiger partial charge on any atom is -0.490 e. The Kier molecular flexibility index (Phi) is 4.80. The summed E-state index contributed by atoms with van der Waals surface area (Å²) in [5.74, 6) is -0.593. The van der Waals surface area contributed by atoms with E-state index in [0.717, 1.165) is 5.56 Å². The third-order valence-electron chi connectivity index (χ3n) is 2.62. The van der Waals surface area contributed by atoms with Crippen molar-refractivity contribution in [3.05, 3.63) is 70.8 Å². The maximum Gasteiger partial charge on any atom is 0.337 e. The molecule has 4 heteroatoms. The minimum absolute atomic E-state index is 0.0382. The molecule has 0 atom stereocenters. The van der Waals surface area contributed by atoms with Gasteiger partial charge in [-0.25, -0.2) is 4.79 Å². The van der Waals surface area contributed by atoms with E-state index in [-0.39, 0.29) is 10.6 Å². The van der Waals surface area contributed by atoms with E-state index in [1.54, 1.807) is 6.07 Å². The number of benzene rings is 2. The van der Waals surface area contributed by atoms with E-state index in [2.05, 4.69) is 0 Å². The van der Waals surface area contributed by atoms with Crippen LogP contribution in [0.2, 0.25) is 5.02 Å². The van der Waals surface area contributed by atoms with Gasteiger partial charge < -0.3 is 9.84 Å². The van der Waals surface area contributed by atoms with Gasteiger partial charge in [-0.15, -0.1) is 0 Å². The zero-order valence-corrected chi connectivity index (χ0v) is 11.4. The Morgan fingerprint density at radius 2 is 1.95 bits per heavy atom. The summed E-state index contributed by atoms with van der Waals surface area (Å²) in [6, 6.07) is 14.4. The highest BCUT2D eigenvalue weighted by Crippen LogP contribution is 2.22. The second-order valence-corrected chi connectivity index (χ2v) is 4.48. The second-order valence-electron chi connectivity index (χ2n) is 4.07. The summed E-state index contributed by atoms with van der Waals surface area (Å²) in [4.78, 5) is 10.9. The summed E-state index contributed by atoms with van der Waals surface area (Å²) in [5.41, 5.74) is 1.12. The van der Waals surface area contributed by atoms with E-state index in [1.165, 1.54) is 12.1 Å². The van der Waals surface area contributed by atoms with Gasteiger partial charge in [0.15, 0.2) is 0 Å². The summed E-state index contributed by atoms with van der Waals surface area (Å²) >= 11 is 5.78. The first-order chi connectivity index (χ1) is 9.66. The van der Waals surface area contributed by atoms with Gasteiger partial charge in [0.2, 0.25) is 0 Å². The number of halogens is 1. The van der Waals surface area contributed by atoms with Crippen molar-refractivity contribution in [2.45, 2.75) is 0 Å². The fourth-order valence-electron chi connectivity index (χ4n) is 1.65. The first kappa shape index (κ1) is 14.2. The van der Waals surface area contributed by atoms with E-state index in [9.17, 15) is 4.79 Å². The molecule has 0 saturated heterocycles. The van der Waals surface area contributed by atoms with Gasteiger partial charge in [-0.1, -0.05) is 48.0 Å². The van der Waals surface area contributed by atoms with Gasteiger partial charge in [0.05, 0.1) is 10.6 Å². The molecule has 0 radical (unpaired) electrons. The molecule has 0 saturated carbocycles. The van der Waals surface area contributed by atoms with E-state index in [0.29, 0.717) is 12.4 Å². The smallest absolute Gasteiger partial charge is 0.337 e. The molecule has 0 aromatic heterocycles. The minimum atomic E-state index is -1.07. The van der Waals surface area contributed by atoms with E-state index in [1.807, 2.05) is 42.5 Å². The van der Waals surface area contributed by atoms with E-state index < -0.39 is 5.97 Å². The summed E-state index contributed by atoms with van der Waals surface area (Å²) in [7, 11) is 0. The van der Waals surface area contributed by atoms with Crippen LogP contribution in [-0.4, -0.2) is 17.7 Å². The lowest BCUT2D eigenvalue weighted by Gasteiger charge is -2.05. The number of aromatic carboxylic acids is 1. The van der Waals surface area contributed by atoms with Gasteiger partial charge in [0.25, 0.3) is 0 Å². The van der Waals surface area contributed by atoms with E-state index in [4.69, 9.17) is 21.4 Å². The normalized spacial score (nSPS) is 10.7. The van der Waals surface area contributed by atoms with Gasteiger partial charge in [-0.2, -0.15) is 0 Å². The summed E-state index contributed by atoms with van der Waals surface area (Å²) in [6.07, 6.45) is 3.80. The molecule has 1 N–H and O–H groups in total. The van der Waals surface area contributed by atoms with Crippen LogP contribution in [0.25, 0.3) is 6.08 Å². The molecule has 0 aliphatic carbocycles. The molecule has 3 nitrogen and oxygen atoms in total. The van der Waals surface area contributed by atoms with E-state index >= 15 is 0 Å². The van der Waals surface area contributed by atoms with Gasteiger partial charge in [0.1, 0.15) is 12.4 Å². The molecule has 0 unspecified atom stereocenters. The first-order valence-electron chi connectivity index (χ1n) is 6.04. The van der Waals surface area contributed by atoms with Crippen LogP contribution < -0.4 is 4.74 Å². The van der Waals surface area contributed by atoms with Crippen molar-refractivity contribution in [1.82, 2.24) is 0 Å². The summed E-state index contributed by atoms with van der Waals surface area (Å²) in [5, 5.41) is 9.16. The van der Waals surface area contributed by atoms with Crippen LogP contribution >= 0.6 is 11.6 Å². The van der Waals surface area contributed by atoms with Crippen molar-refractivity contribution >= 4 is 23.6 Å². The molecule has 0 spiro atoms. The molecule has 0 aliphatic rings. The van der Waals surface area contributed by atoms with Crippen LogP contribution in [0.1, 0.15) is 15.9 Å². The van der Waals surface area contributed by atoms with Crippen LogP contribution in [0.4, 0.5) is 0 Å². The number of rotatable bonds is 5. The fourth-order valence-corrected chi connectivity index (χ4v) is 1.85. The zero-order valence-electron chi connectivity index (χ0n) is 10.6. The number of ether oxygens (including phenoxy) is 1. The highest BCUT2D eigenvalue weighted by molar-refractivity contribution is 6.33.